The molecule has 28 heavy (non-hydrogen) atoms. The Morgan fingerprint density at radius 3 is 2.68 bits per heavy atom. The summed E-state index contributed by atoms with van der Waals surface area (Å²) in [4.78, 5) is 5.56. The maximum absolute atomic E-state index is 14.7. The molecular formula is C18H22ClFN4O2S2. The highest BCUT2D eigenvalue weighted by molar-refractivity contribution is 7.93. The van der Waals surface area contributed by atoms with Gasteiger partial charge in [-0.15, -0.1) is 11.3 Å². The van der Waals surface area contributed by atoms with Crippen LogP contribution >= 0.6 is 22.9 Å². The van der Waals surface area contributed by atoms with Crippen molar-refractivity contribution in [2.24, 2.45) is 11.8 Å². The molecule has 0 unspecified atom stereocenters. The zero-order valence-corrected chi connectivity index (χ0v) is 17.9. The quantitative estimate of drug-likeness (QED) is 0.707. The minimum absolute atomic E-state index is 0.145. The number of fused-ring (bicyclic) bond motifs is 1. The van der Waals surface area contributed by atoms with E-state index in [0.29, 0.717) is 11.7 Å². The van der Waals surface area contributed by atoms with E-state index in [1.165, 1.54) is 18.7 Å². The van der Waals surface area contributed by atoms with Crippen LogP contribution in [0.25, 0.3) is 0 Å². The lowest BCUT2D eigenvalue weighted by Gasteiger charge is -2.37. The van der Waals surface area contributed by atoms with E-state index in [-0.39, 0.29) is 16.2 Å². The van der Waals surface area contributed by atoms with Crippen LogP contribution in [0.1, 0.15) is 19.3 Å². The smallest absolute Gasteiger partial charge is 0.266 e. The monoisotopic (exact) mass is 444 g/mol. The molecule has 4 atom stereocenters. The van der Waals surface area contributed by atoms with Gasteiger partial charge in [0, 0.05) is 23.7 Å². The van der Waals surface area contributed by atoms with Gasteiger partial charge in [-0.1, -0.05) is 11.6 Å². The van der Waals surface area contributed by atoms with Crippen molar-refractivity contribution >= 4 is 43.8 Å². The molecule has 1 aromatic heterocycles. The molecule has 10 heteroatoms. The molecule has 1 aromatic carbocycles. The van der Waals surface area contributed by atoms with Gasteiger partial charge in [0.15, 0.2) is 5.13 Å². The number of nitrogens with zero attached hydrogens (tertiary/aromatic N) is 2. The van der Waals surface area contributed by atoms with E-state index in [1.807, 2.05) is 14.1 Å². The van der Waals surface area contributed by atoms with Gasteiger partial charge in [0.25, 0.3) is 10.0 Å². The topological polar surface area (TPSA) is 74.3 Å². The molecule has 2 saturated carbocycles. The molecule has 2 aliphatic carbocycles. The first kappa shape index (κ1) is 19.9. The summed E-state index contributed by atoms with van der Waals surface area (Å²) in [5.74, 6) is 0.666. The number of rotatable bonds is 6. The average Bonchev–Trinajstić information content (AvgIpc) is 3.20. The average molecular weight is 445 g/mol. The van der Waals surface area contributed by atoms with Gasteiger partial charge in [0.2, 0.25) is 0 Å². The van der Waals surface area contributed by atoms with E-state index in [0.717, 1.165) is 42.1 Å². The summed E-state index contributed by atoms with van der Waals surface area (Å²) < 4.78 is 42.0. The maximum atomic E-state index is 14.7. The van der Waals surface area contributed by atoms with E-state index >= 15 is 0 Å². The Hall–Kier alpha value is -1.42. The first-order valence-corrected chi connectivity index (χ1v) is 11.8. The number of halogens is 2. The van der Waals surface area contributed by atoms with Gasteiger partial charge in [0.1, 0.15) is 10.7 Å². The predicted octanol–water partition coefficient (Wildman–Crippen LogP) is 3.88. The van der Waals surface area contributed by atoms with Crippen molar-refractivity contribution in [3.8, 4) is 0 Å². The molecule has 2 aromatic rings. The number of thiazole rings is 1. The summed E-state index contributed by atoms with van der Waals surface area (Å²) in [5, 5.41) is 5.34. The van der Waals surface area contributed by atoms with Crippen LogP contribution in [0.5, 0.6) is 0 Å². The van der Waals surface area contributed by atoms with Crippen LogP contribution in [0.2, 0.25) is 5.02 Å². The van der Waals surface area contributed by atoms with Crippen LogP contribution in [-0.2, 0) is 10.0 Å². The molecule has 2 N–H and O–H groups in total. The van der Waals surface area contributed by atoms with Gasteiger partial charge in [-0.05, 0) is 57.3 Å². The second-order valence-electron chi connectivity index (χ2n) is 7.71. The van der Waals surface area contributed by atoms with Gasteiger partial charge >= 0.3 is 0 Å². The van der Waals surface area contributed by atoms with Crippen molar-refractivity contribution in [3.63, 3.8) is 0 Å². The van der Waals surface area contributed by atoms with Gasteiger partial charge in [-0.25, -0.2) is 17.8 Å². The van der Waals surface area contributed by atoms with Crippen LogP contribution in [-0.4, -0.2) is 44.5 Å². The molecule has 4 rings (SSSR count). The third-order valence-electron chi connectivity index (χ3n) is 5.60. The highest BCUT2D eigenvalue weighted by Crippen LogP contribution is 2.51. The molecule has 0 amide bonds. The molecule has 1 heterocycles. The van der Waals surface area contributed by atoms with Gasteiger partial charge in [-0.3, -0.25) is 4.72 Å². The lowest BCUT2D eigenvalue weighted by atomic mass is 9.89. The standard InChI is InChI=1S/C18H22ClFN4O2S2/c1-24(2)16-7-11-5-10(11)6-15(16)22-14-9-13(20)17(8-12(14)19)28(25,26)23-18-21-3-4-27-18/h3-4,8-11,15-16,22H,5-7H2,1-2H3,(H,21,23)/t10-,11+,15-,16-/m1/s1. The Bertz CT molecular complexity index is 968. The van der Waals surface area contributed by atoms with E-state index in [9.17, 15) is 12.8 Å². The number of nitrogens with one attached hydrogen (secondary N) is 2. The minimum atomic E-state index is -4.11. The predicted molar refractivity (Wildman–Crippen MR) is 110 cm³/mol. The van der Waals surface area contributed by atoms with Crippen LogP contribution in [0.15, 0.2) is 28.6 Å². The molecule has 0 bridgehead atoms. The Morgan fingerprint density at radius 1 is 1.25 bits per heavy atom. The van der Waals surface area contributed by atoms with Crippen LogP contribution in [0, 0.1) is 17.7 Å². The van der Waals surface area contributed by atoms with Gasteiger partial charge in [-0.2, -0.15) is 0 Å². The highest BCUT2D eigenvalue weighted by atomic mass is 35.5. The first-order valence-electron chi connectivity index (χ1n) is 9.09. The lowest BCUT2D eigenvalue weighted by Crippen LogP contribution is -2.46. The number of hydrogen-bond acceptors (Lipinski definition) is 6. The molecule has 152 valence electrons. The van der Waals surface area contributed by atoms with E-state index in [2.05, 4.69) is 19.9 Å². The molecule has 2 fully saturated rings. The van der Waals surface area contributed by atoms with E-state index < -0.39 is 20.7 Å². The third-order valence-corrected chi connectivity index (χ3v) is 8.09. The molecule has 2 aliphatic rings. The highest BCUT2D eigenvalue weighted by Gasteiger charge is 2.47. The fourth-order valence-corrected chi connectivity index (χ4v) is 6.22. The molecular weight excluding hydrogens is 423 g/mol. The number of hydrogen-bond donors (Lipinski definition) is 2. The second-order valence-corrected chi connectivity index (χ2v) is 10.7. The Labute approximate surface area is 173 Å². The summed E-state index contributed by atoms with van der Waals surface area (Å²) in [6.45, 7) is 0. The molecule has 0 aliphatic heterocycles. The van der Waals surface area contributed by atoms with Crippen LogP contribution in [0.3, 0.4) is 0 Å². The SMILES string of the molecule is CN(C)[C@@H]1C[C@@H]2C[C@@H]2C[C@H]1Nc1cc(F)c(S(=O)(=O)Nc2nccs2)cc1Cl. The van der Waals surface area contributed by atoms with Gasteiger partial charge < -0.3 is 10.2 Å². The van der Waals surface area contributed by atoms with Crippen molar-refractivity contribution in [2.75, 3.05) is 24.1 Å². The molecule has 6 nitrogen and oxygen atoms in total. The van der Waals surface area contributed by atoms with Gasteiger partial charge in [0.05, 0.1) is 10.7 Å². The minimum Gasteiger partial charge on any atom is -0.379 e. The fourth-order valence-electron chi connectivity index (χ4n) is 4.06. The number of anilines is 2. The zero-order valence-electron chi connectivity index (χ0n) is 15.5. The summed E-state index contributed by atoms with van der Waals surface area (Å²) >= 11 is 7.45. The number of aromatic nitrogens is 1. The maximum Gasteiger partial charge on any atom is 0.266 e. The largest absolute Gasteiger partial charge is 0.379 e. The Balaban J connectivity index is 1.57. The lowest BCUT2D eigenvalue weighted by molar-refractivity contribution is 0.204. The van der Waals surface area contributed by atoms with E-state index in [1.54, 1.807) is 5.38 Å². The zero-order chi connectivity index (χ0) is 20.1. The van der Waals surface area contributed by atoms with Crippen molar-refractivity contribution in [2.45, 2.75) is 36.2 Å². The summed E-state index contributed by atoms with van der Waals surface area (Å²) in [6, 6.07) is 2.80. The van der Waals surface area contributed by atoms with Crippen molar-refractivity contribution in [3.05, 3.63) is 34.5 Å². The van der Waals surface area contributed by atoms with Crippen molar-refractivity contribution in [1.29, 1.82) is 0 Å². The molecule has 0 radical (unpaired) electrons. The van der Waals surface area contributed by atoms with Crippen molar-refractivity contribution < 1.29 is 12.8 Å². The summed E-state index contributed by atoms with van der Waals surface area (Å²) in [6.07, 6.45) is 4.84. The van der Waals surface area contributed by atoms with Crippen molar-refractivity contribution in [1.82, 2.24) is 9.88 Å². The summed E-state index contributed by atoms with van der Waals surface area (Å²) in [5.41, 5.74) is 0.420. The Kier molecular flexibility index (Phi) is 5.28. The normalized spacial score (nSPS) is 26.8. The van der Waals surface area contributed by atoms with Crippen LogP contribution in [0.4, 0.5) is 15.2 Å². The molecule has 0 spiro atoms. The Morgan fingerprint density at radius 2 is 2.00 bits per heavy atom. The number of benzene rings is 1. The third kappa shape index (κ3) is 3.98. The molecule has 0 saturated heterocycles. The fraction of sp³-hybridized carbons (Fsp3) is 0.500. The number of likely N-dealkylation sites (N-methyl/N-ethyl adjacent to an activating group) is 1. The first-order chi connectivity index (χ1) is 13.2. The second kappa shape index (κ2) is 7.44. The van der Waals surface area contributed by atoms with Crippen LogP contribution < -0.4 is 10.0 Å². The number of sulfonamides is 1. The summed E-state index contributed by atoms with van der Waals surface area (Å²) in [7, 11) is -0.0184. The van der Waals surface area contributed by atoms with E-state index in [4.69, 9.17) is 11.6 Å².